The number of aromatic nitrogens is 1. The second kappa shape index (κ2) is 7.19. The zero-order chi connectivity index (χ0) is 18.1. The van der Waals surface area contributed by atoms with E-state index in [1.807, 2.05) is 4.90 Å². The molecule has 1 aliphatic heterocycles. The number of halogens is 1. The molecule has 0 spiro atoms. The summed E-state index contributed by atoms with van der Waals surface area (Å²) in [6.45, 7) is 3.96. The highest BCUT2D eigenvalue weighted by atomic mass is 32.1. The van der Waals surface area contributed by atoms with Crippen LogP contribution in [0.4, 0.5) is 4.39 Å². The van der Waals surface area contributed by atoms with Crippen LogP contribution in [0.15, 0.2) is 41.9 Å². The molecule has 1 saturated heterocycles. The predicted molar refractivity (Wildman–Crippen MR) is 99.8 cm³/mol. The van der Waals surface area contributed by atoms with E-state index >= 15 is 0 Å². The number of carboxylic acid groups (broad SMARTS) is 1. The number of piperazine rings is 1. The summed E-state index contributed by atoms with van der Waals surface area (Å²) in [7, 11) is 0. The van der Waals surface area contributed by atoms with Crippen LogP contribution in [-0.4, -0.2) is 52.0 Å². The van der Waals surface area contributed by atoms with E-state index in [4.69, 9.17) is 0 Å². The molecule has 0 saturated carbocycles. The molecule has 1 aromatic carbocycles. The van der Waals surface area contributed by atoms with Crippen LogP contribution in [0, 0.1) is 5.82 Å². The number of benzene rings is 1. The molecule has 136 valence electrons. The van der Waals surface area contributed by atoms with Crippen molar-refractivity contribution in [1.29, 1.82) is 0 Å². The van der Waals surface area contributed by atoms with Crippen LogP contribution in [0.1, 0.15) is 16.5 Å². The molecular weight excluding hydrogens is 353 g/mol. The van der Waals surface area contributed by atoms with Gasteiger partial charge in [0.05, 0.1) is 0 Å². The Kier molecular flexibility index (Phi) is 4.76. The topological polar surface area (TPSA) is 59.6 Å². The summed E-state index contributed by atoms with van der Waals surface area (Å²) in [5.41, 5.74) is 1.32. The molecule has 1 aliphatic rings. The minimum atomic E-state index is -0.873. The number of aromatic amines is 1. The number of fused-ring (bicyclic) bond motifs is 1. The second-order valence-electron chi connectivity index (χ2n) is 6.57. The highest BCUT2D eigenvalue weighted by molar-refractivity contribution is 7.09. The number of H-pyrrole nitrogens is 1. The van der Waals surface area contributed by atoms with Crippen molar-refractivity contribution in [3.8, 4) is 0 Å². The molecule has 0 aliphatic carbocycles. The largest absolute Gasteiger partial charge is 0.480 e. The molecule has 5 nitrogen and oxygen atoms in total. The Hall–Kier alpha value is -2.22. The lowest BCUT2D eigenvalue weighted by Gasteiger charge is -2.37. The summed E-state index contributed by atoms with van der Waals surface area (Å²) in [6, 6.07) is 7.88. The molecule has 7 heteroatoms. The maximum absolute atomic E-state index is 13.4. The van der Waals surface area contributed by atoms with E-state index in [-0.39, 0.29) is 5.82 Å². The summed E-state index contributed by atoms with van der Waals surface area (Å²) in [5, 5.41) is 12.7. The van der Waals surface area contributed by atoms with E-state index in [9.17, 15) is 14.3 Å². The van der Waals surface area contributed by atoms with Gasteiger partial charge in [-0.05, 0) is 29.6 Å². The molecule has 0 radical (unpaired) electrons. The normalized spacial score (nSPS) is 17.6. The van der Waals surface area contributed by atoms with Gasteiger partial charge >= 0.3 is 5.97 Å². The number of hydrogen-bond donors (Lipinski definition) is 2. The predicted octanol–water partition coefficient (Wildman–Crippen LogP) is 3.31. The molecule has 26 heavy (non-hydrogen) atoms. The van der Waals surface area contributed by atoms with E-state index in [0.717, 1.165) is 25.0 Å². The van der Waals surface area contributed by atoms with Gasteiger partial charge in [0, 0.05) is 60.3 Å². The van der Waals surface area contributed by atoms with Crippen LogP contribution in [0.25, 0.3) is 10.9 Å². The van der Waals surface area contributed by atoms with E-state index < -0.39 is 12.0 Å². The summed E-state index contributed by atoms with van der Waals surface area (Å²) in [5.74, 6) is -1.21. The second-order valence-corrected chi connectivity index (χ2v) is 7.60. The first-order valence-corrected chi connectivity index (χ1v) is 9.48. The summed E-state index contributed by atoms with van der Waals surface area (Å²) in [4.78, 5) is 20.7. The Bertz CT molecular complexity index is 901. The van der Waals surface area contributed by atoms with Crippen LogP contribution in [-0.2, 0) is 11.3 Å². The third-order valence-corrected chi connectivity index (χ3v) is 5.80. The van der Waals surface area contributed by atoms with Crippen LogP contribution in [0.5, 0.6) is 0 Å². The van der Waals surface area contributed by atoms with Crippen LogP contribution >= 0.6 is 11.3 Å². The maximum atomic E-state index is 13.4. The third kappa shape index (κ3) is 3.38. The summed E-state index contributed by atoms with van der Waals surface area (Å²) < 4.78 is 13.4. The fourth-order valence-electron chi connectivity index (χ4n) is 3.64. The average Bonchev–Trinajstić information content (AvgIpc) is 3.26. The molecule has 2 N–H and O–H groups in total. The highest BCUT2D eigenvalue weighted by Gasteiger charge is 2.32. The zero-order valence-electron chi connectivity index (χ0n) is 14.2. The summed E-state index contributed by atoms with van der Waals surface area (Å²) in [6.07, 6.45) is 1.70. The Labute approximate surface area is 154 Å². The molecule has 4 rings (SSSR count). The molecule has 3 heterocycles. The first-order valence-electron chi connectivity index (χ1n) is 8.60. The van der Waals surface area contributed by atoms with Crippen LogP contribution in [0.3, 0.4) is 0 Å². The van der Waals surface area contributed by atoms with Crippen molar-refractivity contribution >= 4 is 28.2 Å². The molecular formula is C19H20FN3O2S. The van der Waals surface area contributed by atoms with Gasteiger partial charge in [-0.15, -0.1) is 11.3 Å². The Balaban J connectivity index is 1.51. The van der Waals surface area contributed by atoms with Gasteiger partial charge in [-0.2, -0.15) is 0 Å². The Morgan fingerprint density at radius 3 is 2.77 bits per heavy atom. The van der Waals surface area contributed by atoms with Crippen molar-refractivity contribution in [2.24, 2.45) is 0 Å². The lowest BCUT2D eigenvalue weighted by Crippen LogP contribution is -2.48. The van der Waals surface area contributed by atoms with Crippen LogP contribution in [0.2, 0.25) is 0 Å². The van der Waals surface area contributed by atoms with Crippen molar-refractivity contribution in [2.75, 3.05) is 26.2 Å². The lowest BCUT2D eigenvalue weighted by atomic mass is 10.0. The molecule has 2 aromatic heterocycles. The number of aliphatic carboxylic acids is 1. The van der Waals surface area contributed by atoms with Crippen molar-refractivity contribution in [1.82, 2.24) is 14.8 Å². The number of rotatable bonds is 5. The average molecular weight is 373 g/mol. The number of hydrogen-bond acceptors (Lipinski definition) is 4. The maximum Gasteiger partial charge on any atom is 0.325 e. The minimum Gasteiger partial charge on any atom is -0.480 e. The van der Waals surface area contributed by atoms with Gasteiger partial charge in [-0.3, -0.25) is 14.6 Å². The molecule has 0 unspecified atom stereocenters. The van der Waals surface area contributed by atoms with E-state index in [0.29, 0.717) is 24.2 Å². The Morgan fingerprint density at radius 2 is 2.08 bits per heavy atom. The Morgan fingerprint density at radius 1 is 1.27 bits per heavy atom. The summed E-state index contributed by atoms with van der Waals surface area (Å²) >= 11 is 1.74. The molecule has 0 amide bonds. The fourth-order valence-corrected chi connectivity index (χ4v) is 4.38. The molecule has 3 aromatic rings. The quantitative estimate of drug-likeness (QED) is 0.720. The first-order chi connectivity index (χ1) is 12.6. The highest BCUT2D eigenvalue weighted by Crippen LogP contribution is 2.30. The van der Waals surface area contributed by atoms with Gasteiger partial charge in [0.25, 0.3) is 0 Å². The minimum absolute atomic E-state index is 0.333. The van der Waals surface area contributed by atoms with Crippen molar-refractivity contribution in [2.45, 2.75) is 12.6 Å². The van der Waals surface area contributed by atoms with Gasteiger partial charge in [-0.25, -0.2) is 4.39 Å². The van der Waals surface area contributed by atoms with Crippen molar-refractivity contribution in [3.63, 3.8) is 0 Å². The van der Waals surface area contributed by atoms with E-state index in [1.165, 1.54) is 17.0 Å². The lowest BCUT2D eigenvalue weighted by molar-refractivity contribution is -0.144. The van der Waals surface area contributed by atoms with Crippen molar-refractivity contribution < 1.29 is 14.3 Å². The van der Waals surface area contributed by atoms with Gasteiger partial charge in [0.2, 0.25) is 0 Å². The number of carbonyl (C=O) groups is 1. The molecule has 0 bridgehead atoms. The van der Waals surface area contributed by atoms with Gasteiger partial charge in [0.15, 0.2) is 0 Å². The third-order valence-electron chi connectivity index (χ3n) is 4.94. The molecule has 1 atom stereocenters. The monoisotopic (exact) mass is 373 g/mol. The molecule has 1 fully saturated rings. The van der Waals surface area contributed by atoms with E-state index in [2.05, 4.69) is 27.4 Å². The standard InChI is InChI=1S/C19H20FN3O2S/c20-13-3-4-15-16(11-21-17(15)10-13)18(19(24)25)23-7-5-22(6-8-23)12-14-2-1-9-26-14/h1-4,9-11,18,21H,5-8,12H2,(H,24,25)/t18-/m1/s1. The number of nitrogens with one attached hydrogen (secondary N) is 1. The SMILES string of the molecule is O=C(O)[C@@H](c1c[nH]c2cc(F)ccc12)N1CCN(Cc2cccs2)CC1. The van der Waals surface area contributed by atoms with Gasteiger partial charge < -0.3 is 10.1 Å². The smallest absolute Gasteiger partial charge is 0.325 e. The fraction of sp³-hybridized carbons (Fsp3) is 0.316. The van der Waals surface area contributed by atoms with Crippen molar-refractivity contribution in [3.05, 3.63) is 58.2 Å². The zero-order valence-corrected chi connectivity index (χ0v) is 15.0. The first kappa shape index (κ1) is 17.2. The number of carboxylic acids is 1. The number of nitrogens with zero attached hydrogens (tertiary/aromatic N) is 2. The van der Waals surface area contributed by atoms with Gasteiger partial charge in [0.1, 0.15) is 11.9 Å². The van der Waals surface area contributed by atoms with Crippen LogP contribution < -0.4 is 0 Å². The number of thiophene rings is 1. The van der Waals surface area contributed by atoms with E-state index in [1.54, 1.807) is 23.6 Å². The van der Waals surface area contributed by atoms with Gasteiger partial charge in [-0.1, -0.05) is 6.07 Å².